The van der Waals surface area contributed by atoms with Gasteiger partial charge >= 0.3 is 17.1 Å². The van der Waals surface area contributed by atoms with E-state index in [-0.39, 0.29) is 33.5 Å². The van der Waals surface area contributed by atoms with E-state index in [1.54, 1.807) is 0 Å². The summed E-state index contributed by atoms with van der Waals surface area (Å²) in [5, 5.41) is 0. The molecule has 4 heavy (non-hydrogen) atoms. The third kappa shape index (κ3) is 29.4. The molecule has 0 fully saturated rings. The van der Waals surface area contributed by atoms with E-state index >= 15 is 0 Å². The maximum atomic E-state index is 0. The molecule has 3 nitrogen and oxygen atoms in total. The molecule has 0 aliphatic heterocycles. The zero-order valence-electron chi connectivity index (χ0n) is 1.72. The Hall–Kier alpha value is 0.399. The molecule has 0 saturated heterocycles. The standard InChI is InChI=1S/Mn.3H2O/h;3*1H2/q+2;;;/p-3. The Morgan fingerprint density at radius 2 is 0.500 bits per heavy atom. The van der Waals surface area contributed by atoms with Crippen molar-refractivity contribution in [3.05, 3.63) is 0 Å². The van der Waals surface area contributed by atoms with Gasteiger partial charge in [-0.05, 0) is 0 Å². The SMILES string of the molecule is [Mn+2].[OH-].[OH-].[OH-]. The first-order valence-corrected chi connectivity index (χ1v) is 0. The van der Waals surface area contributed by atoms with Crippen LogP contribution in [-0.2, 0) is 17.1 Å². The molecule has 0 saturated carbocycles. The second-order valence-electron chi connectivity index (χ2n) is 0. The predicted octanol–water partition coefficient (Wildman–Crippen LogP) is -0.533. The number of hydrogen-bond donors (Lipinski definition) is 0. The molecule has 4 heteroatoms. The molecule has 0 aliphatic rings. The molecule has 0 unspecified atom stereocenters. The van der Waals surface area contributed by atoms with Gasteiger partial charge in [0.05, 0.1) is 0 Å². The van der Waals surface area contributed by atoms with E-state index in [1.165, 1.54) is 0 Å². The van der Waals surface area contributed by atoms with Crippen LogP contribution in [0.25, 0.3) is 0 Å². The molecule has 0 aromatic rings. The second kappa shape index (κ2) is 123. The van der Waals surface area contributed by atoms with Gasteiger partial charge in [-0.2, -0.15) is 0 Å². The summed E-state index contributed by atoms with van der Waals surface area (Å²) < 4.78 is 0. The van der Waals surface area contributed by atoms with Gasteiger partial charge in [0.2, 0.25) is 0 Å². The number of rotatable bonds is 0. The fourth-order valence-corrected chi connectivity index (χ4v) is 0. The van der Waals surface area contributed by atoms with Gasteiger partial charge < -0.3 is 16.4 Å². The quantitative estimate of drug-likeness (QED) is 0.388. The zero-order chi connectivity index (χ0) is 0. The molecular weight excluding hydrogens is 103 g/mol. The molecule has 0 spiro atoms. The van der Waals surface area contributed by atoms with Gasteiger partial charge in [-0.1, -0.05) is 0 Å². The minimum absolute atomic E-state index is 0. The minimum atomic E-state index is 0. The van der Waals surface area contributed by atoms with Crippen molar-refractivity contribution in [2.24, 2.45) is 0 Å². The van der Waals surface area contributed by atoms with Crippen LogP contribution in [0.5, 0.6) is 0 Å². The molecule has 0 aromatic carbocycles. The van der Waals surface area contributed by atoms with Crippen LogP contribution in [0, 0.1) is 0 Å². The maximum absolute atomic E-state index is 0. The van der Waals surface area contributed by atoms with Gasteiger partial charge in [0.15, 0.2) is 0 Å². The van der Waals surface area contributed by atoms with Crippen LogP contribution < -0.4 is 0 Å². The van der Waals surface area contributed by atoms with Crippen LogP contribution in [0.1, 0.15) is 0 Å². The van der Waals surface area contributed by atoms with Crippen molar-refractivity contribution >= 4 is 0 Å². The van der Waals surface area contributed by atoms with Crippen molar-refractivity contribution in [2.75, 3.05) is 0 Å². The summed E-state index contributed by atoms with van der Waals surface area (Å²) in [6.45, 7) is 0. The van der Waals surface area contributed by atoms with Gasteiger partial charge in [0.25, 0.3) is 0 Å². The van der Waals surface area contributed by atoms with Crippen LogP contribution in [-0.4, -0.2) is 16.4 Å². The maximum Gasteiger partial charge on any atom is 2.00 e. The molecular formula is H3MnO3-. The topological polar surface area (TPSA) is 90.0 Å². The van der Waals surface area contributed by atoms with Gasteiger partial charge in [-0.3, -0.25) is 0 Å². The zero-order valence-corrected chi connectivity index (χ0v) is 2.90. The third-order valence-electron chi connectivity index (χ3n) is 0. The predicted molar refractivity (Wildman–Crippen MR) is 5.81 cm³/mol. The first-order valence-electron chi connectivity index (χ1n) is 0. The van der Waals surface area contributed by atoms with Crippen LogP contribution in [0.3, 0.4) is 0 Å². The van der Waals surface area contributed by atoms with Crippen LogP contribution in [0.2, 0.25) is 0 Å². The number of hydrogen-bond acceptors (Lipinski definition) is 3. The van der Waals surface area contributed by atoms with Crippen LogP contribution in [0.15, 0.2) is 0 Å². The average molecular weight is 106 g/mol. The van der Waals surface area contributed by atoms with E-state index in [4.69, 9.17) is 0 Å². The van der Waals surface area contributed by atoms with Crippen molar-refractivity contribution in [2.45, 2.75) is 0 Å². The second-order valence-corrected chi connectivity index (χ2v) is 0. The molecule has 0 aliphatic carbocycles. The summed E-state index contributed by atoms with van der Waals surface area (Å²) in [6.07, 6.45) is 0. The van der Waals surface area contributed by atoms with E-state index < -0.39 is 0 Å². The molecule has 29 valence electrons. The van der Waals surface area contributed by atoms with E-state index in [1.807, 2.05) is 0 Å². The smallest absolute Gasteiger partial charge is 0.870 e. The summed E-state index contributed by atoms with van der Waals surface area (Å²) in [5.41, 5.74) is 0. The van der Waals surface area contributed by atoms with E-state index in [9.17, 15) is 0 Å². The van der Waals surface area contributed by atoms with E-state index in [2.05, 4.69) is 0 Å². The molecule has 0 rings (SSSR count). The normalized spacial score (nSPS) is 0. The molecule has 0 atom stereocenters. The average Bonchev–Trinajstić information content (AvgIpc) is 0. The molecule has 0 heterocycles. The van der Waals surface area contributed by atoms with Crippen molar-refractivity contribution in [1.29, 1.82) is 0 Å². The first-order chi connectivity index (χ1) is 0. The summed E-state index contributed by atoms with van der Waals surface area (Å²) in [6, 6.07) is 0. The molecule has 0 aromatic heterocycles. The Morgan fingerprint density at radius 3 is 0.500 bits per heavy atom. The van der Waals surface area contributed by atoms with Crippen molar-refractivity contribution in [1.82, 2.24) is 0 Å². The van der Waals surface area contributed by atoms with Gasteiger partial charge in [-0.25, -0.2) is 0 Å². The van der Waals surface area contributed by atoms with E-state index in [0.29, 0.717) is 0 Å². The fraction of sp³-hybridized carbons (Fsp3) is 0. The summed E-state index contributed by atoms with van der Waals surface area (Å²) in [5.74, 6) is 0. The molecule has 0 bridgehead atoms. The summed E-state index contributed by atoms with van der Waals surface area (Å²) in [7, 11) is 0. The Morgan fingerprint density at radius 1 is 0.500 bits per heavy atom. The Balaban J connectivity index is 0. The Kier molecular flexibility index (Phi) is 9770. The molecule has 1 radical (unpaired) electrons. The monoisotopic (exact) mass is 106 g/mol. The molecule has 3 N–H and O–H groups in total. The largest absolute Gasteiger partial charge is 2.00 e. The first kappa shape index (κ1) is 319. The Bertz CT molecular complexity index is 3.25. The van der Waals surface area contributed by atoms with Crippen molar-refractivity contribution in [3.8, 4) is 0 Å². The van der Waals surface area contributed by atoms with Gasteiger partial charge in [0, 0.05) is 0 Å². The minimum Gasteiger partial charge on any atom is -0.870 e. The van der Waals surface area contributed by atoms with Gasteiger partial charge in [-0.15, -0.1) is 0 Å². The van der Waals surface area contributed by atoms with E-state index in [0.717, 1.165) is 0 Å². The summed E-state index contributed by atoms with van der Waals surface area (Å²) >= 11 is 0. The summed E-state index contributed by atoms with van der Waals surface area (Å²) in [4.78, 5) is 0. The Labute approximate surface area is 34.4 Å². The van der Waals surface area contributed by atoms with Crippen molar-refractivity contribution < 1.29 is 33.5 Å². The van der Waals surface area contributed by atoms with Crippen molar-refractivity contribution in [3.63, 3.8) is 0 Å². The van der Waals surface area contributed by atoms with Crippen LogP contribution >= 0.6 is 0 Å². The van der Waals surface area contributed by atoms with Gasteiger partial charge in [0.1, 0.15) is 0 Å². The molecule has 0 amide bonds. The third-order valence-corrected chi connectivity index (χ3v) is 0. The fourth-order valence-electron chi connectivity index (χ4n) is 0. The van der Waals surface area contributed by atoms with Crippen LogP contribution in [0.4, 0.5) is 0 Å².